The van der Waals surface area contributed by atoms with E-state index in [2.05, 4.69) is 5.32 Å². The van der Waals surface area contributed by atoms with Crippen molar-refractivity contribution < 1.29 is 29.3 Å². The second kappa shape index (κ2) is 10.5. The Labute approximate surface area is 193 Å². The molecule has 4 rings (SSSR count). The summed E-state index contributed by atoms with van der Waals surface area (Å²) >= 11 is 0. The minimum atomic E-state index is -1.03. The van der Waals surface area contributed by atoms with Crippen molar-refractivity contribution in [3.05, 3.63) is 53.6 Å². The lowest BCUT2D eigenvalue weighted by Crippen LogP contribution is -2.56. The minimum Gasteiger partial charge on any atom is -0.486 e. The highest BCUT2D eigenvalue weighted by Gasteiger charge is 2.50. The fourth-order valence-electron chi connectivity index (χ4n) is 4.87. The van der Waals surface area contributed by atoms with E-state index in [4.69, 9.17) is 9.47 Å². The summed E-state index contributed by atoms with van der Waals surface area (Å²) in [6, 6.07) is 6.67. The molecular formula is C25H32N2O6. The van der Waals surface area contributed by atoms with Gasteiger partial charge in [-0.25, -0.2) is 0 Å². The quantitative estimate of drug-likeness (QED) is 0.509. The number of aliphatic hydroxyl groups excluding tert-OH is 2. The Hall–Kier alpha value is -2.68. The van der Waals surface area contributed by atoms with Gasteiger partial charge in [0.05, 0.1) is 24.7 Å². The maximum Gasteiger partial charge on any atom is 0.247 e. The number of carbonyl (C=O) groups is 2. The number of nitrogens with zero attached hydrogens (tertiary/aromatic N) is 1. The summed E-state index contributed by atoms with van der Waals surface area (Å²) in [5.41, 5.74) is 1.26. The van der Waals surface area contributed by atoms with Gasteiger partial charge in [-0.1, -0.05) is 31.2 Å². The van der Waals surface area contributed by atoms with Crippen LogP contribution in [0.15, 0.2) is 48.1 Å². The molecule has 33 heavy (non-hydrogen) atoms. The lowest BCUT2D eigenvalue weighted by Gasteiger charge is -2.41. The Morgan fingerprint density at radius 2 is 2.12 bits per heavy atom. The first-order chi connectivity index (χ1) is 16.0. The number of ether oxygens (including phenoxy) is 2. The number of para-hydroxylation sites is 1. The molecule has 8 heteroatoms. The smallest absolute Gasteiger partial charge is 0.247 e. The average Bonchev–Trinajstić information content (AvgIpc) is 3.48. The van der Waals surface area contributed by atoms with Gasteiger partial charge in [0.1, 0.15) is 18.0 Å². The summed E-state index contributed by atoms with van der Waals surface area (Å²) in [6.07, 6.45) is 5.61. The molecule has 1 aromatic carbocycles. The van der Waals surface area contributed by atoms with Crippen molar-refractivity contribution >= 4 is 11.8 Å². The number of fused-ring (bicyclic) bond motifs is 3. The van der Waals surface area contributed by atoms with Crippen LogP contribution in [0.1, 0.15) is 37.7 Å². The highest BCUT2D eigenvalue weighted by molar-refractivity contribution is 5.96. The summed E-state index contributed by atoms with van der Waals surface area (Å²) in [6.45, 7) is 2.85. The van der Waals surface area contributed by atoms with Crippen molar-refractivity contribution in [1.82, 2.24) is 10.2 Å². The van der Waals surface area contributed by atoms with E-state index in [-0.39, 0.29) is 31.1 Å². The van der Waals surface area contributed by atoms with E-state index in [0.29, 0.717) is 30.9 Å². The fourth-order valence-corrected chi connectivity index (χ4v) is 4.87. The first-order valence-electron chi connectivity index (χ1n) is 11.7. The zero-order chi connectivity index (χ0) is 23.4. The van der Waals surface area contributed by atoms with Crippen LogP contribution in [0.4, 0.5) is 0 Å². The number of benzene rings is 1. The van der Waals surface area contributed by atoms with Crippen molar-refractivity contribution in [2.24, 2.45) is 0 Å². The van der Waals surface area contributed by atoms with E-state index >= 15 is 0 Å². The number of hydrogen-bond donors (Lipinski definition) is 3. The van der Waals surface area contributed by atoms with Gasteiger partial charge in [0.25, 0.3) is 0 Å². The summed E-state index contributed by atoms with van der Waals surface area (Å²) in [7, 11) is 0. The van der Waals surface area contributed by atoms with Crippen molar-refractivity contribution in [2.45, 2.75) is 56.5 Å². The Kier molecular flexibility index (Phi) is 7.47. The van der Waals surface area contributed by atoms with Crippen LogP contribution in [0.3, 0.4) is 0 Å². The van der Waals surface area contributed by atoms with Crippen LogP contribution < -0.4 is 10.1 Å². The largest absolute Gasteiger partial charge is 0.486 e. The Morgan fingerprint density at radius 3 is 2.85 bits per heavy atom. The van der Waals surface area contributed by atoms with E-state index in [1.54, 1.807) is 17.1 Å². The molecule has 1 aromatic rings. The maximum atomic E-state index is 13.2. The lowest BCUT2D eigenvalue weighted by atomic mass is 9.77. The molecule has 8 nitrogen and oxygen atoms in total. The SMILES string of the molecule is CCC=CC(=O)N(CC1CCCO1)C1C=C(C(=O)NCCO)C2c3ccccc3OC2C1O. The molecule has 0 aromatic heterocycles. The van der Waals surface area contributed by atoms with Gasteiger partial charge in [0.2, 0.25) is 11.8 Å². The van der Waals surface area contributed by atoms with Crippen LogP contribution in [-0.4, -0.2) is 77.6 Å². The molecule has 2 heterocycles. The zero-order valence-electron chi connectivity index (χ0n) is 18.9. The van der Waals surface area contributed by atoms with Gasteiger partial charge >= 0.3 is 0 Å². The molecule has 5 atom stereocenters. The third-order valence-electron chi connectivity index (χ3n) is 6.44. The molecule has 0 radical (unpaired) electrons. The highest BCUT2D eigenvalue weighted by atomic mass is 16.5. The van der Waals surface area contributed by atoms with E-state index in [1.165, 1.54) is 6.08 Å². The van der Waals surface area contributed by atoms with Crippen LogP contribution in [-0.2, 0) is 14.3 Å². The van der Waals surface area contributed by atoms with E-state index in [9.17, 15) is 19.8 Å². The molecule has 1 aliphatic carbocycles. The first kappa shape index (κ1) is 23.5. The molecule has 0 saturated carbocycles. The number of hydrogen-bond acceptors (Lipinski definition) is 6. The number of carbonyl (C=O) groups excluding carboxylic acids is 2. The van der Waals surface area contributed by atoms with Crippen LogP contribution in [0.25, 0.3) is 0 Å². The molecule has 2 aliphatic heterocycles. The zero-order valence-corrected chi connectivity index (χ0v) is 18.9. The molecule has 5 unspecified atom stereocenters. The van der Waals surface area contributed by atoms with Gasteiger partial charge in [-0.3, -0.25) is 9.59 Å². The predicted octanol–water partition coefficient (Wildman–Crippen LogP) is 1.28. The maximum absolute atomic E-state index is 13.2. The molecule has 3 N–H and O–H groups in total. The highest BCUT2D eigenvalue weighted by Crippen LogP contribution is 2.47. The van der Waals surface area contributed by atoms with Crippen LogP contribution in [0.2, 0.25) is 0 Å². The van der Waals surface area contributed by atoms with Crippen molar-refractivity contribution in [1.29, 1.82) is 0 Å². The monoisotopic (exact) mass is 456 g/mol. The number of nitrogens with one attached hydrogen (secondary N) is 1. The third-order valence-corrected chi connectivity index (χ3v) is 6.44. The summed E-state index contributed by atoms with van der Waals surface area (Å²) in [4.78, 5) is 27.9. The second-order valence-corrected chi connectivity index (χ2v) is 8.62. The Bertz CT molecular complexity index is 923. The van der Waals surface area contributed by atoms with Crippen molar-refractivity contribution in [2.75, 3.05) is 26.3 Å². The Balaban J connectivity index is 1.72. The van der Waals surface area contributed by atoms with Gasteiger partial charge in [-0.2, -0.15) is 0 Å². The predicted molar refractivity (Wildman–Crippen MR) is 122 cm³/mol. The van der Waals surface area contributed by atoms with E-state index < -0.39 is 24.2 Å². The molecule has 1 saturated heterocycles. The van der Waals surface area contributed by atoms with Gasteiger partial charge in [0.15, 0.2) is 0 Å². The summed E-state index contributed by atoms with van der Waals surface area (Å²) in [5, 5.41) is 23.3. The second-order valence-electron chi connectivity index (χ2n) is 8.62. The molecule has 0 bridgehead atoms. The van der Waals surface area contributed by atoms with E-state index in [1.807, 2.05) is 31.2 Å². The van der Waals surface area contributed by atoms with Crippen molar-refractivity contribution in [3.8, 4) is 5.75 Å². The minimum absolute atomic E-state index is 0.112. The van der Waals surface area contributed by atoms with E-state index in [0.717, 1.165) is 18.4 Å². The molecule has 3 aliphatic rings. The van der Waals surface area contributed by atoms with Gasteiger partial charge < -0.3 is 29.9 Å². The van der Waals surface area contributed by atoms with Crippen LogP contribution in [0, 0.1) is 0 Å². The van der Waals surface area contributed by atoms with Crippen molar-refractivity contribution in [3.63, 3.8) is 0 Å². The summed E-state index contributed by atoms with van der Waals surface area (Å²) < 4.78 is 11.9. The molecule has 0 spiro atoms. The van der Waals surface area contributed by atoms with Gasteiger partial charge in [-0.05, 0) is 37.5 Å². The molecule has 178 valence electrons. The van der Waals surface area contributed by atoms with Crippen LogP contribution in [0.5, 0.6) is 5.75 Å². The van der Waals surface area contributed by atoms with Crippen LogP contribution >= 0.6 is 0 Å². The topological polar surface area (TPSA) is 108 Å². The summed E-state index contributed by atoms with van der Waals surface area (Å²) in [5.74, 6) is -0.422. The number of amides is 2. The molecular weight excluding hydrogens is 424 g/mol. The average molecular weight is 457 g/mol. The molecule has 2 amide bonds. The Morgan fingerprint density at radius 1 is 1.30 bits per heavy atom. The number of aliphatic hydroxyl groups is 2. The van der Waals surface area contributed by atoms with Gasteiger partial charge in [-0.15, -0.1) is 0 Å². The number of rotatable bonds is 8. The number of allylic oxidation sites excluding steroid dienone is 1. The fraction of sp³-hybridized carbons (Fsp3) is 0.520. The standard InChI is InChI=1S/C25H32N2O6/c1-2-3-10-21(29)27(15-16-7-6-13-32-16)19-14-18(25(31)26-11-12-28)22-17-8-4-5-9-20(17)33-24(22)23(19)30/h3-5,8-10,14,16,19,22-24,28,30H,2,6-7,11-13,15H2,1H3,(H,26,31). The third kappa shape index (κ3) is 4.83. The van der Waals surface area contributed by atoms with Gasteiger partial charge in [0, 0.05) is 30.8 Å². The molecule has 1 fully saturated rings. The normalized spacial score (nSPS) is 28.1. The first-order valence-corrected chi connectivity index (χ1v) is 11.7. The lowest BCUT2D eigenvalue weighted by molar-refractivity contribution is -0.134.